The van der Waals surface area contributed by atoms with E-state index in [1.165, 1.54) is 30.6 Å². The van der Waals surface area contributed by atoms with Crippen LogP contribution in [0.15, 0.2) is 29.8 Å². The smallest absolute Gasteiger partial charge is 0.119 e. The average Bonchev–Trinajstić information content (AvgIpc) is 3.10. The highest BCUT2D eigenvalue weighted by molar-refractivity contribution is 7.09. The first-order valence-corrected chi connectivity index (χ1v) is 8.09. The van der Waals surface area contributed by atoms with Crippen molar-refractivity contribution in [2.24, 2.45) is 0 Å². The summed E-state index contributed by atoms with van der Waals surface area (Å²) >= 11 is 1.69. The van der Waals surface area contributed by atoms with Gasteiger partial charge >= 0.3 is 0 Å². The molecule has 0 radical (unpaired) electrons. The van der Waals surface area contributed by atoms with Gasteiger partial charge in [-0.15, -0.1) is 11.3 Å². The Labute approximate surface area is 124 Å². The lowest BCUT2D eigenvalue weighted by Crippen LogP contribution is -2.10. The highest BCUT2D eigenvalue weighted by Gasteiger charge is 2.16. The van der Waals surface area contributed by atoms with Crippen molar-refractivity contribution in [1.82, 2.24) is 4.98 Å². The summed E-state index contributed by atoms with van der Waals surface area (Å²) in [5.41, 5.74) is 4.13. The summed E-state index contributed by atoms with van der Waals surface area (Å²) in [5.74, 6) is 0.983. The van der Waals surface area contributed by atoms with Gasteiger partial charge in [0.05, 0.1) is 23.9 Å². The van der Waals surface area contributed by atoms with Crippen LogP contribution in [-0.2, 0) is 6.54 Å². The maximum atomic E-state index is 5.96. The van der Waals surface area contributed by atoms with Crippen LogP contribution in [0.5, 0.6) is 5.75 Å². The third-order valence-electron chi connectivity index (χ3n) is 3.76. The summed E-state index contributed by atoms with van der Waals surface area (Å²) in [6.07, 6.45) is 5.43. The molecule has 4 heteroatoms. The van der Waals surface area contributed by atoms with E-state index in [1.807, 2.05) is 12.4 Å². The molecule has 20 heavy (non-hydrogen) atoms. The molecule has 0 amide bonds. The second kappa shape index (κ2) is 6.27. The minimum absolute atomic E-state index is 0.425. The molecule has 0 atom stereocenters. The molecule has 3 rings (SSSR count). The lowest BCUT2D eigenvalue weighted by Gasteiger charge is -2.13. The maximum Gasteiger partial charge on any atom is 0.119 e. The Bertz CT molecular complexity index is 544. The molecule has 1 fully saturated rings. The molecule has 0 bridgehead atoms. The van der Waals surface area contributed by atoms with Crippen LogP contribution < -0.4 is 10.1 Å². The van der Waals surface area contributed by atoms with Crippen LogP contribution in [0.25, 0.3) is 0 Å². The van der Waals surface area contributed by atoms with Gasteiger partial charge in [-0.2, -0.15) is 0 Å². The Morgan fingerprint density at radius 2 is 2.00 bits per heavy atom. The van der Waals surface area contributed by atoms with E-state index in [-0.39, 0.29) is 0 Å². The van der Waals surface area contributed by atoms with E-state index in [0.717, 1.165) is 23.7 Å². The van der Waals surface area contributed by atoms with Crippen molar-refractivity contribution < 1.29 is 4.74 Å². The number of aromatic nitrogens is 1. The van der Waals surface area contributed by atoms with Crippen molar-refractivity contribution >= 4 is 17.0 Å². The molecule has 0 saturated heterocycles. The van der Waals surface area contributed by atoms with Crippen molar-refractivity contribution in [2.75, 3.05) is 5.32 Å². The van der Waals surface area contributed by atoms with Crippen LogP contribution in [-0.4, -0.2) is 11.1 Å². The lowest BCUT2D eigenvalue weighted by molar-refractivity contribution is 0.210. The Morgan fingerprint density at radius 1 is 1.25 bits per heavy atom. The Balaban J connectivity index is 1.54. The second-order valence-electron chi connectivity index (χ2n) is 5.26. The third kappa shape index (κ3) is 3.31. The largest absolute Gasteiger partial charge is 0.490 e. The fourth-order valence-electron chi connectivity index (χ4n) is 2.53. The van der Waals surface area contributed by atoms with Gasteiger partial charge in [0, 0.05) is 10.6 Å². The fraction of sp³-hybridized carbons (Fsp3) is 0.438. The summed E-state index contributed by atoms with van der Waals surface area (Å²) in [6, 6.07) is 8.28. The van der Waals surface area contributed by atoms with E-state index in [1.54, 1.807) is 11.3 Å². The first kappa shape index (κ1) is 13.4. The summed E-state index contributed by atoms with van der Waals surface area (Å²) in [4.78, 5) is 5.55. The Morgan fingerprint density at radius 3 is 2.65 bits per heavy atom. The van der Waals surface area contributed by atoms with E-state index in [0.29, 0.717) is 6.10 Å². The number of anilines is 1. The molecule has 1 aliphatic carbocycles. The topological polar surface area (TPSA) is 34.2 Å². The molecular weight excluding hydrogens is 268 g/mol. The van der Waals surface area contributed by atoms with Crippen molar-refractivity contribution in [2.45, 2.75) is 45.3 Å². The quantitative estimate of drug-likeness (QED) is 0.886. The number of nitrogens with one attached hydrogen (secondary N) is 1. The number of benzene rings is 1. The molecule has 0 spiro atoms. The minimum Gasteiger partial charge on any atom is -0.490 e. The molecule has 1 N–H and O–H groups in total. The highest BCUT2D eigenvalue weighted by Crippen LogP contribution is 2.25. The standard InChI is InChI=1S/C16H20N2OS/c1-12-16(20-11-18-12)10-17-13-6-8-15(9-7-13)19-14-4-2-3-5-14/h6-9,11,14,17H,2-5,10H2,1H3. The molecule has 3 nitrogen and oxygen atoms in total. The molecule has 1 heterocycles. The van der Waals surface area contributed by atoms with Crippen LogP contribution in [0.1, 0.15) is 36.3 Å². The highest BCUT2D eigenvalue weighted by atomic mass is 32.1. The van der Waals surface area contributed by atoms with E-state index >= 15 is 0 Å². The zero-order valence-electron chi connectivity index (χ0n) is 11.8. The van der Waals surface area contributed by atoms with Crippen LogP contribution in [0.2, 0.25) is 0 Å². The van der Waals surface area contributed by atoms with Crippen LogP contribution in [0.3, 0.4) is 0 Å². The van der Waals surface area contributed by atoms with Gasteiger partial charge in [-0.25, -0.2) is 4.98 Å². The summed E-state index contributed by atoms with van der Waals surface area (Å²) < 4.78 is 5.96. The summed E-state index contributed by atoms with van der Waals surface area (Å²) in [6.45, 7) is 2.88. The monoisotopic (exact) mass is 288 g/mol. The SMILES string of the molecule is Cc1ncsc1CNc1ccc(OC2CCCC2)cc1. The molecule has 0 aliphatic heterocycles. The average molecular weight is 288 g/mol. The first-order valence-electron chi connectivity index (χ1n) is 7.21. The molecule has 1 aliphatic rings. The van der Waals surface area contributed by atoms with Gasteiger partial charge in [-0.3, -0.25) is 0 Å². The van der Waals surface area contributed by atoms with Gasteiger partial charge in [-0.1, -0.05) is 0 Å². The van der Waals surface area contributed by atoms with Crippen molar-refractivity contribution in [3.05, 3.63) is 40.3 Å². The number of rotatable bonds is 5. The second-order valence-corrected chi connectivity index (χ2v) is 6.20. The van der Waals surface area contributed by atoms with Gasteiger partial charge in [0.1, 0.15) is 5.75 Å². The number of hydrogen-bond donors (Lipinski definition) is 1. The fourth-order valence-corrected chi connectivity index (χ4v) is 3.25. The van der Waals surface area contributed by atoms with Crippen LogP contribution in [0, 0.1) is 6.92 Å². The number of hydrogen-bond acceptors (Lipinski definition) is 4. The Hall–Kier alpha value is -1.55. The van der Waals surface area contributed by atoms with E-state index < -0.39 is 0 Å². The summed E-state index contributed by atoms with van der Waals surface area (Å²) in [7, 11) is 0. The van der Waals surface area contributed by atoms with E-state index in [4.69, 9.17) is 4.74 Å². The number of nitrogens with zero attached hydrogens (tertiary/aromatic N) is 1. The number of aryl methyl sites for hydroxylation is 1. The van der Waals surface area contributed by atoms with Crippen LogP contribution in [0.4, 0.5) is 5.69 Å². The van der Waals surface area contributed by atoms with E-state index in [2.05, 4.69) is 34.6 Å². The van der Waals surface area contributed by atoms with Crippen LogP contribution >= 0.6 is 11.3 Å². The number of thiazole rings is 1. The zero-order valence-corrected chi connectivity index (χ0v) is 12.6. The third-order valence-corrected chi connectivity index (χ3v) is 4.69. The van der Waals surface area contributed by atoms with Crippen molar-refractivity contribution in [3.8, 4) is 5.75 Å². The minimum atomic E-state index is 0.425. The normalized spacial score (nSPS) is 15.4. The predicted molar refractivity (Wildman–Crippen MR) is 83.5 cm³/mol. The van der Waals surface area contributed by atoms with Crippen molar-refractivity contribution in [1.29, 1.82) is 0 Å². The molecule has 2 aromatic rings. The zero-order chi connectivity index (χ0) is 13.8. The van der Waals surface area contributed by atoms with Gasteiger partial charge < -0.3 is 10.1 Å². The molecular formula is C16H20N2OS. The Kier molecular flexibility index (Phi) is 4.21. The molecule has 1 aromatic carbocycles. The molecule has 106 valence electrons. The van der Waals surface area contributed by atoms with Gasteiger partial charge in [-0.05, 0) is 56.9 Å². The molecule has 0 unspecified atom stereocenters. The lowest BCUT2D eigenvalue weighted by atomic mass is 10.2. The molecule has 1 aromatic heterocycles. The van der Waals surface area contributed by atoms with Gasteiger partial charge in [0.25, 0.3) is 0 Å². The summed E-state index contributed by atoms with van der Waals surface area (Å²) in [5, 5.41) is 3.42. The van der Waals surface area contributed by atoms with E-state index in [9.17, 15) is 0 Å². The van der Waals surface area contributed by atoms with Crippen molar-refractivity contribution in [3.63, 3.8) is 0 Å². The molecule has 1 saturated carbocycles. The van der Waals surface area contributed by atoms with Gasteiger partial charge in [0.15, 0.2) is 0 Å². The maximum absolute atomic E-state index is 5.96. The number of ether oxygens (including phenoxy) is 1. The first-order chi connectivity index (χ1) is 9.81. The van der Waals surface area contributed by atoms with Gasteiger partial charge in [0.2, 0.25) is 0 Å². The predicted octanol–water partition coefficient (Wildman–Crippen LogP) is 4.39.